The Morgan fingerprint density at radius 3 is 2.47 bits per heavy atom. The molecule has 1 aromatic carbocycles. The van der Waals surface area contributed by atoms with E-state index in [0.29, 0.717) is 6.42 Å². The van der Waals surface area contributed by atoms with Crippen molar-refractivity contribution >= 4 is 34.3 Å². The lowest BCUT2D eigenvalue weighted by Gasteiger charge is -1.81. The van der Waals surface area contributed by atoms with Gasteiger partial charge in [-0.2, -0.15) is 0 Å². The fourth-order valence-corrected chi connectivity index (χ4v) is 1.18. The highest BCUT2D eigenvalue weighted by Crippen LogP contribution is 2.22. The van der Waals surface area contributed by atoms with Gasteiger partial charge in [-0.1, -0.05) is 25.1 Å². The van der Waals surface area contributed by atoms with Crippen LogP contribution in [0.5, 0.6) is 5.95 Å². The Balaban J connectivity index is 0.000000324. The van der Waals surface area contributed by atoms with Gasteiger partial charge in [0.15, 0.2) is 17.4 Å². The highest BCUT2D eigenvalue weighted by molar-refractivity contribution is 5.78. The summed E-state index contributed by atoms with van der Waals surface area (Å²) >= 11 is 0. The molecule has 0 radical (unpaired) electrons. The molecule has 0 fully saturated rings. The summed E-state index contributed by atoms with van der Waals surface area (Å²) in [5.41, 5.74) is 0.722. The quantitative estimate of drug-likeness (QED) is 0.800. The minimum atomic E-state index is -0.711. The molecule has 92 valence electrons. The van der Waals surface area contributed by atoms with Gasteiger partial charge in [-0.25, -0.2) is 0 Å². The first-order valence-corrected chi connectivity index (χ1v) is 5.02. The molecule has 0 saturated carbocycles. The number of benzene rings is 1. The molecule has 0 aliphatic carbocycles. The van der Waals surface area contributed by atoms with E-state index in [4.69, 9.17) is 14.6 Å². The number of aromatic hydroxyl groups is 1. The smallest absolute Gasteiger partial charge is 0.303 e. The van der Waals surface area contributed by atoms with Crippen LogP contribution in [0.3, 0.4) is 0 Å². The van der Waals surface area contributed by atoms with Crippen molar-refractivity contribution < 1.29 is 19.4 Å². The number of carboxylic acids is 1. The van der Waals surface area contributed by atoms with Gasteiger partial charge in [-0.3, -0.25) is 4.79 Å². The summed E-state index contributed by atoms with van der Waals surface area (Å²) in [6, 6.07) is 9.06. The van der Waals surface area contributed by atoms with Crippen molar-refractivity contribution in [2.24, 2.45) is 0 Å². The average molecular weight is 252 g/mol. The van der Waals surface area contributed by atoms with Crippen molar-refractivity contribution in [3.8, 4) is 5.95 Å². The third-order valence-corrected chi connectivity index (χ3v) is 1.88. The van der Waals surface area contributed by atoms with E-state index >= 15 is 0 Å². The minimum Gasteiger partial charge on any atom is -0.481 e. The number of carbonyl (C=O) groups is 1. The molecule has 0 atom stereocenters. The number of furan rings is 1. The molecule has 0 unspecified atom stereocenters. The van der Waals surface area contributed by atoms with Crippen molar-refractivity contribution in [2.75, 3.05) is 0 Å². The molecular formula is C12H17AlO4. The van der Waals surface area contributed by atoms with Crippen LogP contribution in [0.1, 0.15) is 19.8 Å². The highest BCUT2D eigenvalue weighted by Gasteiger charge is 1.97. The van der Waals surface area contributed by atoms with Crippen molar-refractivity contribution in [2.45, 2.75) is 19.8 Å². The van der Waals surface area contributed by atoms with Crippen LogP contribution in [0.4, 0.5) is 0 Å². The Hall–Kier alpha value is -1.44. The third kappa shape index (κ3) is 5.44. The SMILES string of the molecule is CCCC(=O)O.Oc1cc2ccccc2o1.[AlH3]. The largest absolute Gasteiger partial charge is 0.481 e. The molecule has 0 aliphatic heterocycles. The van der Waals surface area contributed by atoms with E-state index < -0.39 is 5.97 Å². The normalized spacial score (nSPS) is 9.00. The van der Waals surface area contributed by atoms with Crippen LogP contribution < -0.4 is 0 Å². The summed E-state index contributed by atoms with van der Waals surface area (Å²) in [6.07, 6.45) is 1.02. The van der Waals surface area contributed by atoms with Gasteiger partial charge in [0.2, 0.25) is 0 Å². The van der Waals surface area contributed by atoms with Crippen LogP contribution in [0.2, 0.25) is 0 Å². The van der Waals surface area contributed by atoms with Gasteiger partial charge in [0.25, 0.3) is 5.95 Å². The first kappa shape index (κ1) is 15.6. The van der Waals surface area contributed by atoms with E-state index in [1.54, 1.807) is 6.07 Å². The van der Waals surface area contributed by atoms with Crippen molar-refractivity contribution in [3.05, 3.63) is 30.3 Å². The summed E-state index contributed by atoms with van der Waals surface area (Å²) in [5.74, 6) is -0.737. The van der Waals surface area contributed by atoms with Crippen molar-refractivity contribution in [3.63, 3.8) is 0 Å². The number of fused-ring (bicyclic) bond motifs is 1. The minimum absolute atomic E-state index is 0. The molecule has 5 heteroatoms. The van der Waals surface area contributed by atoms with Gasteiger partial charge in [0.1, 0.15) is 5.58 Å². The van der Waals surface area contributed by atoms with Crippen LogP contribution in [0.25, 0.3) is 11.0 Å². The Morgan fingerprint density at radius 1 is 1.35 bits per heavy atom. The maximum Gasteiger partial charge on any atom is 0.303 e. The molecular weight excluding hydrogens is 235 g/mol. The first-order chi connectivity index (χ1) is 7.63. The maximum absolute atomic E-state index is 9.60. The lowest BCUT2D eigenvalue weighted by atomic mass is 10.3. The third-order valence-electron chi connectivity index (χ3n) is 1.88. The Kier molecular flexibility index (Phi) is 7.12. The maximum atomic E-state index is 9.60. The topological polar surface area (TPSA) is 70.7 Å². The molecule has 0 aliphatic rings. The number of para-hydroxylation sites is 1. The van der Waals surface area contributed by atoms with Gasteiger partial charge in [-0.05, 0) is 12.5 Å². The van der Waals surface area contributed by atoms with Gasteiger partial charge in [0.05, 0.1) is 0 Å². The van der Waals surface area contributed by atoms with E-state index in [2.05, 4.69) is 0 Å². The number of rotatable bonds is 2. The van der Waals surface area contributed by atoms with Crippen LogP contribution in [-0.2, 0) is 4.79 Å². The van der Waals surface area contributed by atoms with E-state index in [-0.39, 0.29) is 23.3 Å². The van der Waals surface area contributed by atoms with Crippen LogP contribution >= 0.6 is 0 Å². The van der Waals surface area contributed by atoms with E-state index in [1.165, 1.54) is 0 Å². The lowest BCUT2D eigenvalue weighted by molar-refractivity contribution is -0.137. The molecule has 2 N–H and O–H groups in total. The number of aliphatic carboxylic acids is 1. The predicted octanol–water partition coefficient (Wildman–Crippen LogP) is 1.83. The Bertz CT molecular complexity index is 431. The second kappa shape index (κ2) is 7.77. The molecule has 0 amide bonds. The number of hydrogen-bond donors (Lipinski definition) is 2. The van der Waals surface area contributed by atoms with Crippen LogP contribution in [0.15, 0.2) is 34.7 Å². The van der Waals surface area contributed by atoms with E-state index in [1.807, 2.05) is 31.2 Å². The monoisotopic (exact) mass is 252 g/mol. The number of hydrogen-bond acceptors (Lipinski definition) is 3. The van der Waals surface area contributed by atoms with Crippen molar-refractivity contribution in [1.82, 2.24) is 0 Å². The molecule has 0 saturated heterocycles. The first-order valence-electron chi connectivity index (χ1n) is 5.02. The fourth-order valence-electron chi connectivity index (χ4n) is 1.18. The van der Waals surface area contributed by atoms with E-state index in [0.717, 1.165) is 17.4 Å². The molecule has 1 aromatic heterocycles. The summed E-state index contributed by atoms with van der Waals surface area (Å²) in [7, 11) is 0. The Labute approximate surface area is 110 Å². The van der Waals surface area contributed by atoms with Gasteiger partial charge < -0.3 is 14.6 Å². The fraction of sp³-hybridized carbons (Fsp3) is 0.250. The summed E-state index contributed by atoms with van der Waals surface area (Å²) in [6.45, 7) is 1.84. The molecule has 2 aromatic rings. The zero-order valence-electron chi connectivity index (χ0n) is 9.01. The molecule has 0 spiro atoms. The molecule has 2 rings (SSSR count). The van der Waals surface area contributed by atoms with Crippen molar-refractivity contribution in [1.29, 1.82) is 0 Å². The molecule has 1 heterocycles. The standard InChI is InChI=1S/C8H6O2.C4H8O2.Al.3H/c9-8-5-6-3-1-2-4-7(6)10-8;1-2-3-4(5)6;;;;/h1-5,9H;2-3H2,1H3,(H,5,6);;;;. The lowest BCUT2D eigenvalue weighted by Crippen LogP contribution is -1.90. The summed E-state index contributed by atoms with van der Waals surface area (Å²) in [5, 5.41) is 17.7. The second-order valence-electron chi connectivity index (χ2n) is 3.27. The Morgan fingerprint density at radius 2 is 2.00 bits per heavy atom. The predicted molar refractivity (Wildman–Crippen MR) is 70.4 cm³/mol. The van der Waals surface area contributed by atoms with Crippen LogP contribution in [0, 0.1) is 0 Å². The average Bonchev–Trinajstić information content (AvgIpc) is 2.58. The highest BCUT2D eigenvalue weighted by atomic mass is 27.0. The van der Waals surface area contributed by atoms with E-state index in [9.17, 15) is 4.79 Å². The molecule has 17 heavy (non-hydrogen) atoms. The summed E-state index contributed by atoms with van der Waals surface area (Å²) in [4.78, 5) is 9.60. The van der Waals surface area contributed by atoms with Gasteiger partial charge in [0, 0.05) is 17.9 Å². The number of carboxylic acid groups (broad SMARTS) is 1. The zero-order chi connectivity index (χ0) is 12.0. The zero-order valence-corrected chi connectivity index (χ0v) is 9.01. The molecule has 0 bridgehead atoms. The second-order valence-corrected chi connectivity index (χ2v) is 3.27. The summed E-state index contributed by atoms with van der Waals surface area (Å²) < 4.78 is 4.92. The van der Waals surface area contributed by atoms with Gasteiger partial charge >= 0.3 is 5.97 Å². The van der Waals surface area contributed by atoms with Gasteiger partial charge in [-0.15, -0.1) is 0 Å². The molecule has 4 nitrogen and oxygen atoms in total. The van der Waals surface area contributed by atoms with Crippen LogP contribution in [-0.4, -0.2) is 33.5 Å².